The highest BCUT2D eigenvalue weighted by molar-refractivity contribution is 7.83. The van der Waals surface area contributed by atoms with Gasteiger partial charge in [-0.3, -0.25) is 39.5 Å². The summed E-state index contributed by atoms with van der Waals surface area (Å²) in [4.78, 5) is 51.7. The summed E-state index contributed by atoms with van der Waals surface area (Å²) in [5.41, 5.74) is 4.43. The Morgan fingerprint density at radius 2 is 1.25 bits per heavy atom. The maximum absolute atomic E-state index is 14.0. The van der Waals surface area contributed by atoms with Gasteiger partial charge in [-0.15, -0.1) is 0 Å². The molecule has 5 heterocycles. The minimum absolute atomic E-state index is 0.0549. The van der Waals surface area contributed by atoms with Crippen LogP contribution in [0.15, 0.2) is 12.2 Å². The normalized spacial score (nSPS) is 41.9. The van der Waals surface area contributed by atoms with Gasteiger partial charge in [-0.2, -0.15) is 13.1 Å². The molecule has 6 aliphatic rings. The third-order valence-electron chi connectivity index (χ3n) is 16.7. The molecular weight excluding hydrogens is 1040 g/mol. The van der Waals surface area contributed by atoms with Crippen LogP contribution in [0.4, 0.5) is 0 Å². The molecule has 0 spiro atoms. The molecule has 5 aliphatic heterocycles. The van der Waals surface area contributed by atoms with Crippen LogP contribution in [0, 0.1) is 35.5 Å². The van der Waals surface area contributed by atoms with E-state index >= 15 is 0 Å². The lowest BCUT2D eigenvalue weighted by atomic mass is 9.77. The van der Waals surface area contributed by atoms with Crippen LogP contribution in [-0.4, -0.2) is 215 Å². The van der Waals surface area contributed by atoms with Gasteiger partial charge in [0, 0.05) is 42.9 Å². The first kappa shape index (κ1) is 63.3. The Labute approximate surface area is 451 Å². The van der Waals surface area contributed by atoms with Gasteiger partial charge in [0.25, 0.3) is 17.7 Å². The molecule has 1 saturated carbocycles. The van der Waals surface area contributed by atoms with Gasteiger partial charge in [-0.25, -0.2) is 0 Å². The number of carbonyl (C=O) groups excluding carboxylic acids is 4. The molecule has 1 aliphatic carbocycles. The third-order valence-corrected chi connectivity index (χ3v) is 17.3. The summed E-state index contributed by atoms with van der Waals surface area (Å²) in [6.07, 6.45) is -11.2. The van der Waals surface area contributed by atoms with E-state index in [1.165, 1.54) is 0 Å². The average Bonchev–Trinajstić information content (AvgIpc) is 3.72. The number of hydrogen-bond donors (Lipinski definition) is 10. The van der Waals surface area contributed by atoms with Crippen molar-refractivity contribution < 1.29 is 101 Å². The molecule has 4 amide bonds. The van der Waals surface area contributed by atoms with Gasteiger partial charge in [-0.1, -0.05) is 54.9 Å². The molecular formula is C51H86N4O21S. The van der Waals surface area contributed by atoms with Crippen molar-refractivity contribution >= 4 is 33.9 Å². The van der Waals surface area contributed by atoms with Gasteiger partial charge in [0.15, 0.2) is 6.29 Å². The van der Waals surface area contributed by atoms with Crippen LogP contribution < -0.4 is 15.6 Å². The lowest BCUT2D eigenvalue weighted by Crippen LogP contribution is -2.65. The summed E-state index contributed by atoms with van der Waals surface area (Å²) in [7, 11) is -4.93. The minimum Gasteiger partial charge on any atom is -0.392 e. The van der Waals surface area contributed by atoms with E-state index in [0.717, 1.165) is 23.5 Å². The Bertz CT molecular complexity index is 2080. The van der Waals surface area contributed by atoms with Crippen LogP contribution >= 0.6 is 0 Å². The van der Waals surface area contributed by atoms with E-state index in [9.17, 15) is 62.8 Å². The van der Waals surface area contributed by atoms with Crippen LogP contribution in [0.25, 0.3) is 0 Å². The largest absolute Gasteiger partial charge is 0.392 e. The van der Waals surface area contributed by atoms with Crippen molar-refractivity contribution in [1.82, 2.24) is 20.5 Å². The standard InChI is InChI=1S/C51H86N4O21S/c1-9-29-25(7)47(33(12-4)74-35(29)22-69-20-27-19-28(18-24(6)41(27)59)72-49-34(13-5)71-26(8)30(10-2)43(49)61)75-51-46(64)42(60)31(21-70-23-36-40(54-77(66,67)68)45(63)44(62)32(11-3)73-36)48(76-51)50(65)53-52-37(56)16-17-55-38(57)14-15-39(55)58/h14-15,24-36,40-49,51,54,59-64H,9-13,16-23H2,1-8H3,(H,52,56)(H,53,65)(H,66,67,68). The van der Waals surface area contributed by atoms with Crippen molar-refractivity contribution in [3.8, 4) is 0 Å². The molecule has 0 aromatic heterocycles. The second-order valence-electron chi connectivity index (χ2n) is 21.7. The molecule has 6 rings (SSSR count). The van der Waals surface area contributed by atoms with E-state index in [1.54, 1.807) is 6.92 Å². The first-order valence-electron chi connectivity index (χ1n) is 27.5. The minimum atomic E-state index is -4.93. The summed E-state index contributed by atoms with van der Waals surface area (Å²) in [5, 5.41) is 67.6. The number of hydrogen-bond acceptors (Lipinski definition) is 20. The second kappa shape index (κ2) is 28.2. The fourth-order valence-corrected chi connectivity index (χ4v) is 12.9. The summed E-state index contributed by atoms with van der Waals surface area (Å²) in [6.45, 7) is 14.5. The maximum atomic E-state index is 14.0. The topological polar surface area (TPSA) is 357 Å². The molecule has 77 heavy (non-hydrogen) atoms. The molecule has 4 saturated heterocycles. The number of rotatable bonds is 23. The molecule has 26 heteroatoms. The molecule has 0 radical (unpaired) electrons. The van der Waals surface area contributed by atoms with Crippen LogP contribution in [-0.2, 0) is 67.4 Å². The average molecular weight is 1120 g/mol. The first-order chi connectivity index (χ1) is 36.5. The molecule has 24 atom stereocenters. The quantitative estimate of drug-likeness (QED) is 0.0339. The SMILES string of the molecule is CCC1OC(COCC2C(C(=O)NNC(=O)CCN3C(=O)C=CC3=O)OC(OC3C(CC)OC(COCC4CC(OC5C(CC)OC(C)C(CC)C5O)CC(C)C4O)C(CC)C3C)C(O)C2O)C(NS(=O)(=O)O)C(O)C1O. The molecule has 0 aromatic carbocycles. The zero-order valence-corrected chi connectivity index (χ0v) is 46.2. The molecule has 10 N–H and O–H groups in total. The number of aliphatic hydroxyl groups excluding tert-OH is 6. The van der Waals surface area contributed by atoms with Gasteiger partial charge >= 0.3 is 10.3 Å². The molecule has 0 bridgehead atoms. The lowest BCUT2D eigenvalue weighted by Gasteiger charge is -2.49. The van der Waals surface area contributed by atoms with Crippen molar-refractivity contribution in [2.24, 2.45) is 35.5 Å². The number of ether oxygens (including phenoxy) is 8. The monoisotopic (exact) mass is 1120 g/mol. The van der Waals surface area contributed by atoms with Crippen LogP contribution in [0.1, 0.15) is 107 Å². The molecule has 442 valence electrons. The lowest BCUT2D eigenvalue weighted by molar-refractivity contribution is -0.323. The van der Waals surface area contributed by atoms with E-state index in [4.69, 9.17) is 37.9 Å². The number of amides is 4. The van der Waals surface area contributed by atoms with Crippen molar-refractivity contribution in [2.45, 2.75) is 217 Å². The van der Waals surface area contributed by atoms with Crippen LogP contribution in [0.3, 0.4) is 0 Å². The Balaban J connectivity index is 1.11. The third kappa shape index (κ3) is 15.4. The highest BCUT2D eigenvalue weighted by Crippen LogP contribution is 2.41. The van der Waals surface area contributed by atoms with Gasteiger partial charge in [0.2, 0.25) is 5.91 Å². The summed E-state index contributed by atoms with van der Waals surface area (Å²) in [6, 6.07) is -1.61. The van der Waals surface area contributed by atoms with Gasteiger partial charge in [0.1, 0.15) is 36.6 Å². The Morgan fingerprint density at radius 3 is 1.87 bits per heavy atom. The number of aliphatic hydroxyl groups is 6. The molecule has 5 fully saturated rings. The number of carbonyl (C=O) groups is 4. The Kier molecular flexibility index (Phi) is 23.2. The number of hydrazine groups is 1. The molecule has 25 nitrogen and oxygen atoms in total. The smallest absolute Gasteiger partial charge is 0.333 e. The highest BCUT2D eigenvalue weighted by atomic mass is 32.2. The van der Waals surface area contributed by atoms with Crippen molar-refractivity contribution in [3.05, 3.63) is 12.2 Å². The number of nitrogens with one attached hydrogen (secondary N) is 3. The summed E-state index contributed by atoms with van der Waals surface area (Å²) < 4.78 is 85.4. The van der Waals surface area contributed by atoms with Crippen molar-refractivity contribution in [3.63, 3.8) is 0 Å². The number of nitrogens with zero attached hydrogens (tertiary/aromatic N) is 1. The van der Waals surface area contributed by atoms with E-state index in [-0.39, 0.29) is 74.1 Å². The zero-order chi connectivity index (χ0) is 56.6. The van der Waals surface area contributed by atoms with E-state index < -0.39 is 151 Å². The fourth-order valence-electron chi connectivity index (χ4n) is 12.3. The van der Waals surface area contributed by atoms with E-state index in [1.807, 2.05) is 53.2 Å². The number of imide groups is 1. The Morgan fingerprint density at radius 1 is 0.636 bits per heavy atom. The van der Waals surface area contributed by atoms with E-state index in [0.29, 0.717) is 32.1 Å². The molecule has 0 aromatic rings. The highest BCUT2D eigenvalue weighted by Gasteiger charge is 2.53. The maximum Gasteiger partial charge on any atom is 0.333 e. The molecule has 24 unspecified atom stereocenters. The fraction of sp³-hybridized carbons (Fsp3) is 0.882. The van der Waals surface area contributed by atoms with Gasteiger partial charge in [0.05, 0.1) is 93.5 Å². The zero-order valence-electron chi connectivity index (χ0n) is 45.4. The predicted molar refractivity (Wildman–Crippen MR) is 270 cm³/mol. The van der Waals surface area contributed by atoms with Gasteiger partial charge in [-0.05, 0) is 63.2 Å². The predicted octanol–water partition coefficient (Wildman–Crippen LogP) is -0.825. The van der Waals surface area contributed by atoms with Crippen molar-refractivity contribution in [1.29, 1.82) is 0 Å². The summed E-state index contributed by atoms with van der Waals surface area (Å²) in [5.74, 6) is -5.32. The second-order valence-corrected chi connectivity index (χ2v) is 22.9. The summed E-state index contributed by atoms with van der Waals surface area (Å²) >= 11 is 0. The van der Waals surface area contributed by atoms with Gasteiger partial charge < -0.3 is 68.5 Å². The first-order valence-corrected chi connectivity index (χ1v) is 28.9. The Hall–Kier alpha value is -2.87. The van der Waals surface area contributed by atoms with Crippen molar-refractivity contribution in [2.75, 3.05) is 33.0 Å². The van der Waals surface area contributed by atoms with Crippen LogP contribution in [0.2, 0.25) is 0 Å². The van der Waals surface area contributed by atoms with Crippen LogP contribution in [0.5, 0.6) is 0 Å². The van der Waals surface area contributed by atoms with E-state index in [2.05, 4.69) is 10.9 Å².